The van der Waals surface area contributed by atoms with Gasteiger partial charge >= 0.3 is 5.97 Å². The average molecular weight is 480 g/mol. The van der Waals surface area contributed by atoms with Gasteiger partial charge in [0, 0.05) is 16.6 Å². The SMILES string of the molecule is COC(=O)c1cccc(NC(=O)C(C)Sc2nc3scc(-c4ccc(C)cc4)c3c(=O)[nH]2)c1. The third-order valence-corrected chi connectivity index (χ3v) is 6.85. The molecule has 1 unspecified atom stereocenters. The topological polar surface area (TPSA) is 101 Å². The molecule has 4 aromatic rings. The lowest BCUT2D eigenvalue weighted by Gasteiger charge is -2.12. The summed E-state index contributed by atoms with van der Waals surface area (Å²) in [5.41, 5.74) is 3.53. The summed E-state index contributed by atoms with van der Waals surface area (Å²) in [7, 11) is 1.30. The third-order valence-electron chi connectivity index (χ3n) is 4.99. The van der Waals surface area contributed by atoms with E-state index in [4.69, 9.17) is 4.74 Å². The van der Waals surface area contributed by atoms with Gasteiger partial charge in [-0.1, -0.05) is 47.7 Å². The van der Waals surface area contributed by atoms with Gasteiger partial charge in [0.25, 0.3) is 5.56 Å². The number of hydrogen-bond acceptors (Lipinski definition) is 7. The molecule has 0 saturated carbocycles. The van der Waals surface area contributed by atoms with Crippen molar-refractivity contribution < 1.29 is 14.3 Å². The zero-order valence-corrected chi connectivity index (χ0v) is 19.8. The van der Waals surface area contributed by atoms with E-state index < -0.39 is 11.2 Å². The average Bonchev–Trinajstić information content (AvgIpc) is 3.23. The van der Waals surface area contributed by atoms with Crippen molar-refractivity contribution in [1.29, 1.82) is 0 Å². The highest BCUT2D eigenvalue weighted by molar-refractivity contribution is 8.00. The second kappa shape index (κ2) is 9.60. The molecule has 0 radical (unpaired) electrons. The Labute approximate surface area is 198 Å². The molecule has 1 amide bonds. The number of nitrogens with one attached hydrogen (secondary N) is 2. The molecule has 33 heavy (non-hydrogen) atoms. The minimum Gasteiger partial charge on any atom is -0.465 e. The molecule has 0 aliphatic carbocycles. The number of thiophene rings is 1. The molecule has 0 saturated heterocycles. The van der Waals surface area contributed by atoms with Gasteiger partial charge < -0.3 is 15.0 Å². The zero-order valence-electron chi connectivity index (χ0n) is 18.2. The van der Waals surface area contributed by atoms with Crippen LogP contribution in [0.3, 0.4) is 0 Å². The molecule has 0 aliphatic heterocycles. The quantitative estimate of drug-likeness (QED) is 0.233. The molecule has 9 heteroatoms. The number of carbonyl (C=O) groups is 2. The highest BCUT2D eigenvalue weighted by atomic mass is 32.2. The number of H-pyrrole nitrogens is 1. The number of amides is 1. The van der Waals surface area contributed by atoms with Crippen LogP contribution in [0.25, 0.3) is 21.3 Å². The highest BCUT2D eigenvalue weighted by Crippen LogP contribution is 2.32. The highest BCUT2D eigenvalue weighted by Gasteiger charge is 2.19. The number of hydrogen-bond donors (Lipinski definition) is 2. The third kappa shape index (κ3) is 4.99. The molecule has 2 aromatic carbocycles. The first-order valence-electron chi connectivity index (χ1n) is 10.1. The maximum absolute atomic E-state index is 12.8. The predicted molar refractivity (Wildman–Crippen MR) is 132 cm³/mol. The maximum Gasteiger partial charge on any atom is 0.337 e. The predicted octanol–water partition coefficient (Wildman–Crippen LogP) is 4.87. The van der Waals surface area contributed by atoms with Crippen LogP contribution in [-0.2, 0) is 9.53 Å². The minimum absolute atomic E-state index is 0.238. The molecule has 2 heterocycles. The lowest BCUT2D eigenvalue weighted by Crippen LogP contribution is -2.23. The Kier molecular flexibility index (Phi) is 6.62. The number of fused-ring (bicyclic) bond motifs is 1. The molecule has 0 spiro atoms. The molecule has 0 bridgehead atoms. The van der Waals surface area contributed by atoms with Crippen LogP contribution in [0.2, 0.25) is 0 Å². The van der Waals surface area contributed by atoms with Crippen LogP contribution in [-0.4, -0.2) is 34.2 Å². The molecule has 2 N–H and O–H groups in total. The fraction of sp³-hybridized carbons (Fsp3) is 0.167. The maximum atomic E-state index is 12.8. The number of rotatable bonds is 6. The fourth-order valence-electron chi connectivity index (χ4n) is 3.24. The van der Waals surface area contributed by atoms with E-state index in [0.29, 0.717) is 26.6 Å². The van der Waals surface area contributed by atoms with Crippen molar-refractivity contribution in [2.45, 2.75) is 24.3 Å². The van der Waals surface area contributed by atoms with Crippen molar-refractivity contribution in [2.75, 3.05) is 12.4 Å². The zero-order chi connectivity index (χ0) is 23.5. The van der Waals surface area contributed by atoms with E-state index in [1.807, 2.05) is 36.6 Å². The van der Waals surface area contributed by atoms with E-state index in [-0.39, 0.29) is 11.5 Å². The van der Waals surface area contributed by atoms with Crippen molar-refractivity contribution in [3.63, 3.8) is 0 Å². The molecule has 1 atom stereocenters. The standard InChI is InChI=1S/C24H21N3O4S2/c1-13-7-9-15(10-8-13)18-12-32-22-19(18)21(29)26-24(27-22)33-14(2)20(28)25-17-6-4-5-16(11-17)23(30)31-3/h4-12,14H,1-3H3,(H,25,28)(H,26,27,29). The van der Waals surface area contributed by atoms with E-state index in [1.165, 1.54) is 18.4 Å². The monoisotopic (exact) mass is 479 g/mol. The number of methoxy groups -OCH3 is 1. The Morgan fingerprint density at radius 1 is 1.18 bits per heavy atom. The number of benzene rings is 2. The van der Waals surface area contributed by atoms with Gasteiger partial charge in [-0.3, -0.25) is 9.59 Å². The lowest BCUT2D eigenvalue weighted by molar-refractivity contribution is -0.115. The fourth-order valence-corrected chi connectivity index (χ4v) is 5.04. The van der Waals surface area contributed by atoms with Crippen molar-refractivity contribution in [3.05, 3.63) is 75.4 Å². The molecule has 0 aliphatic rings. The molecular formula is C24H21N3O4S2. The summed E-state index contributed by atoms with van der Waals surface area (Å²) >= 11 is 2.56. The minimum atomic E-state index is -0.538. The van der Waals surface area contributed by atoms with Crippen molar-refractivity contribution in [1.82, 2.24) is 9.97 Å². The summed E-state index contributed by atoms with van der Waals surface area (Å²) in [5.74, 6) is -0.763. The first kappa shape index (κ1) is 22.8. The summed E-state index contributed by atoms with van der Waals surface area (Å²) in [4.78, 5) is 45.2. The number of nitrogens with zero attached hydrogens (tertiary/aromatic N) is 1. The van der Waals surface area contributed by atoms with E-state index in [2.05, 4.69) is 15.3 Å². The summed E-state index contributed by atoms with van der Waals surface area (Å²) in [6, 6.07) is 14.5. The van der Waals surface area contributed by atoms with Gasteiger partial charge in [0.15, 0.2) is 5.16 Å². The normalized spacial score (nSPS) is 11.8. The van der Waals surface area contributed by atoms with Crippen LogP contribution in [0.15, 0.2) is 63.9 Å². The van der Waals surface area contributed by atoms with Gasteiger partial charge in [0.1, 0.15) is 4.83 Å². The van der Waals surface area contributed by atoms with Gasteiger partial charge in [-0.05, 0) is 37.6 Å². The van der Waals surface area contributed by atoms with Crippen LogP contribution < -0.4 is 10.9 Å². The van der Waals surface area contributed by atoms with E-state index in [1.54, 1.807) is 31.2 Å². The van der Waals surface area contributed by atoms with Crippen molar-refractivity contribution in [3.8, 4) is 11.1 Å². The number of aryl methyl sites for hydroxylation is 1. The Balaban J connectivity index is 1.52. The van der Waals surface area contributed by atoms with Crippen LogP contribution >= 0.6 is 23.1 Å². The Morgan fingerprint density at radius 3 is 2.67 bits per heavy atom. The van der Waals surface area contributed by atoms with Crippen LogP contribution in [0.4, 0.5) is 5.69 Å². The summed E-state index contributed by atoms with van der Waals surface area (Å²) < 4.78 is 4.71. The number of aromatic nitrogens is 2. The van der Waals surface area contributed by atoms with Gasteiger partial charge in [-0.2, -0.15) is 0 Å². The number of ether oxygens (including phenoxy) is 1. The van der Waals surface area contributed by atoms with Gasteiger partial charge in [0.2, 0.25) is 5.91 Å². The van der Waals surface area contributed by atoms with E-state index in [0.717, 1.165) is 28.5 Å². The Bertz CT molecular complexity index is 1390. The van der Waals surface area contributed by atoms with Crippen LogP contribution in [0, 0.1) is 6.92 Å². The molecule has 168 valence electrons. The van der Waals surface area contributed by atoms with Gasteiger partial charge in [0.05, 0.1) is 23.3 Å². The molecule has 4 rings (SSSR count). The molecule has 0 fully saturated rings. The summed E-state index contributed by atoms with van der Waals surface area (Å²) in [6.45, 7) is 3.74. The first-order chi connectivity index (χ1) is 15.9. The second-order valence-electron chi connectivity index (χ2n) is 7.39. The van der Waals surface area contributed by atoms with Crippen molar-refractivity contribution in [2.24, 2.45) is 0 Å². The first-order valence-corrected chi connectivity index (χ1v) is 11.9. The van der Waals surface area contributed by atoms with Crippen LogP contribution in [0.5, 0.6) is 0 Å². The number of anilines is 1. The number of aromatic amines is 1. The van der Waals surface area contributed by atoms with Gasteiger partial charge in [-0.15, -0.1) is 11.3 Å². The second-order valence-corrected chi connectivity index (χ2v) is 9.58. The van der Waals surface area contributed by atoms with Gasteiger partial charge in [-0.25, -0.2) is 9.78 Å². The van der Waals surface area contributed by atoms with E-state index >= 15 is 0 Å². The smallest absolute Gasteiger partial charge is 0.337 e. The van der Waals surface area contributed by atoms with Crippen molar-refractivity contribution >= 4 is 50.9 Å². The largest absolute Gasteiger partial charge is 0.465 e. The molecule has 7 nitrogen and oxygen atoms in total. The number of esters is 1. The molecule has 2 aromatic heterocycles. The van der Waals surface area contributed by atoms with Crippen LogP contribution in [0.1, 0.15) is 22.8 Å². The number of thioether (sulfide) groups is 1. The Morgan fingerprint density at radius 2 is 1.94 bits per heavy atom. The lowest BCUT2D eigenvalue weighted by atomic mass is 10.1. The Hall–Kier alpha value is -3.43. The summed E-state index contributed by atoms with van der Waals surface area (Å²) in [5, 5.41) is 5.08. The van der Waals surface area contributed by atoms with E-state index in [9.17, 15) is 14.4 Å². The molecular weight excluding hydrogens is 458 g/mol. The number of carbonyl (C=O) groups excluding carboxylic acids is 2. The summed E-state index contributed by atoms with van der Waals surface area (Å²) in [6.07, 6.45) is 0.